The van der Waals surface area contributed by atoms with Gasteiger partial charge in [-0.25, -0.2) is 0 Å². The Hall–Kier alpha value is -1.84. The Morgan fingerprint density at radius 3 is 2.61 bits per heavy atom. The Morgan fingerprint density at radius 2 is 2.00 bits per heavy atom. The first kappa shape index (κ1) is 12.6. The zero-order valence-electron chi connectivity index (χ0n) is 10.9. The van der Waals surface area contributed by atoms with Crippen molar-refractivity contribution in [2.45, 2.75) is 39.3 Å². The van der Waals surface area contributed by atoms with Crippen molar-refractivity contribution >= 4 is 17.5 Å². The van der Waals surface area contributed by atoms with Gasteiger partial charge in [-0.15, -0.1) is 0 Å². The minimum absolute atomic E-state index is 0.0787. The predicted octanol–water partition coefficient (Wildman–Crippen LogP) is 1.49. The summed E-state index contributed by atoms with van der Waals surface area (Å²) in [6.45, 7) is 5.33. The number of nitrogens with one attached hydrogen (secondary N) is 1. The molecule has 1 N–H and O–H groups in total. The number of amides is 2. The zero-order chi connectivity index (χ0) is 13.3. The predicted molar refractivity (Wildman–Crippen MR) is 70.4 cm³/mol. The standard InChI is InChI=1S/C14H18N2O2/c1-9(2)15-14(18)13-8-11-6-4-5-7-12(11)16(13)10(3)17/h4-7,9,13H,8H2,1-3H3,(H,15,18). The fraction of sp³-hybridized carbons (Fsp3) is 0.429. The van der Waals surface area contributed by atoms with Crippen LogP contribution in [0.15, 0.2) is 24.3 Å². The summed E-state index contributed by atoms with van der Waals surface area (Å²) >= 11 is 0. The molecule has 0 saturated carbocycles. The molecule has 1 aliphatic heterocycles. The van der Waals surface area contributed by atoms with Crippen molar-refractivity contribution in [3.8, 4) is 0 Å². The Bertz CT molecular complexity index is 482. The minimum atomic E-state index is -0.415. The van der Waals surface area contributed by atoms with Gasteiger partial charge < -0.3 is 5.32 Å². The summed E-state index contributed by atoms with van der Waals surface area (Å²) in [5.41, 5.74) is 1.91. The average Bonchev–Trinajstić information content (AvgIpc) is 2.67. The van der Waals surface area contributed by atoms with E-state index in [0.29, 0.717) is 6.42 Å². The van der Waals surface area contributed by atoms with E-state index in [0.717, 1.165) is 11.3 Å². The molecule has 0 spiro atoms. The van der Waals surface area contributed by atoms with Crippen LogP contribution < -0.4 is 10.2 Å². The van der Waals surface area contributed by atoms with E-state index in [2.05, 4.69) is 5.32 Å². The lowest BCUT2D eigenvalue weighted by molar-refractivity contribution is -0.125. The Morgan fingerprint density at radius 1 is 1.33 bits per heavy atom. The van der Waals surface area contributed by atoms with Crippen LogP contribution >= 0.6 is 0 Å². The normalized spacial score (nSPS) is 17.8. The number of carbonyl (C=O) groups is 2. The maximum absolute atomic E-state index is 12.1. The Labute approximate surface area is 107 Å². The van der Waals surface area contributed by atoms with Crippen LogP contribution in [0.4, 0.5) is 5.69 Å². The van der Waals surface area contributed by atoms with Gasteiger partial charge in [-0.2, -0.15) is 0 Å². The van der Waals surface area contributed by atoms with Gasteiger partial charge in [0.05, 0.1) is 0 Å². The van der Waals surface area contributed by atoms with Gasteiger partial charge in [-0.3, -0.25) is 14.5 Å². The van der Waals surface area contributed by atoms with Crippen molar-refractivity contribution in [3.05, 3.63) is 29.8 Å². The van der Waals surface area contributed by atoms with Crippen LogP contribution in [0.25, 0.3) is 0 Å². The van der Waals surface area contributed by atoms with Crippen LogP contribution in [0.1, 0.15) is 26.3 Å². The second-order valence-corrected chi connectivity index (χ2v) is 4.90. The molecule has 18 heavy (non-hydrogen) atoms. The van der Waals surface area contributed by atoms with Gasteiger partial charge in [0.25, 0.3) is 0 Å². The summed E-state index contributed by atoms with van der Waals surface area (Å²) in [4.78, 5) is 25.5. The van der Waals surface area contributed by atoms with E-state index in [4.69, 9.17) is 0 Å². The molecule has 96 valence electrons. The summed E-state index contributed by atoms with van der Waals surface area (Å²) in [7, 11) is 0. The van der Waals surface area contributed by atoms with Gasteiger partial charge in [0, 0.05) is 25.1 Å². The van der Waals surface area contributed by atoms with E-state index in [9.17, 15) is 9.59 Å². The molecule has 4 heteroatoms. The first-order valence-electron chi connectivity index (χ1n) is 6.18. The molecule has 4 nitrogen and oxygen atoms in total. The molecular weight excluding hydrogens is 228 g/mol. The lowest BCUT2D eigenvalue weighted by Gasteiger charge is -2.24. The highest BCUT2D eigenvalue weighted by Crippen LogP contribution is 2.32. The number of anilines is 1. The molecule has 0 aromatic heterocycles. The number of nitrogens with zero attached hydrogens (tertiary/aromatic N) is 1. The number of fused-ring (bicyclic) bond motifs is 1. The highest BCUT2D eigenvalue weighted by molar-refractivity contribution is 6.02. The molecule has 0 aliphatic carbocycles. The van der Waals surface area contributed by atoms with Crippen LogP contribution in [-0.2, 0) is 16.0 Å². The van der Waals surface area contributed by atoms with Gasteiger partial charge >= 0.3 is 0 Å². The largest absolute Gasteiger partial charge is 0.352 e. The number of carbonyl (C=O) groups excluding carboxylic acids is 2. The molecule has 0 radical (unpaired) electrons. The van der Waals surface area contributed by atoms with Crippen LogP contribution in [0.3, 0.4) is 0 Å². The van der Waals surface area contributed by atoms with Crippen LogP contribution in [0, 0.1) is 0 Å². The number of hydrogen-bond donors (Lipinski definition) is 1. The summed E-state index contributed by atoms with van der Waals surface area (Å²) in [6.07, 6.45) is 0.592. The minimum Gasteiger partial charge on any atom is -0.352 e. The van der Waals surface area contributed by atoms with Crippen LogP contribution in [0.5, 0.6) is 0 Å². The average molecular weight is 246 g/mol. The SMILES string of the molecule is CC(=O)N1c2ccccc2CC1C(=O)NC(C)C. The van der Waals surface area contributed by atoms with Gasteiger partial charge in [-0.05, 0) is 25.5 Å². The van der Waals surface area contributed by atoms with E-state index in [1.165, 1.54) is 6.92 Å². The summed E-state index contributed by atoms with van der Waals surface area (Å²) < 4.78 is 0. The van der Waals surface area contributed by atoms with Crippen molar-refractivity contribution in [1.82, 2.24) is 5.32 Å². The maximum atomic E-state index is 12.1. The monoisotopic (exact) mass is 246 g/mol. The molecule has 0 saturated heterocycles. The number of benzene rings is 1. The van der Waals surface area contributed by atoms with Crippen molar-refractivity contribution in [3.63, 3.8) is 0 Å². The summed E-state index contributed by atoms with van der Waals surface area (Å²) in [5, 5.41) is 2.87. The Balaban J connectivity index is 2.29. The highest BCUT2D eigenvalue weighted by Gasteiger charge is 2.36. The molecule has 1 aromatic carbocycles. The summed E-state index contributed by atoms with van der Waals surface area (Å²) in [5.74, 6) is -0.180. The highest BCUT2D eigenvalue weighted by atomic mass is 16.2. The van der Waals surface area contributed by atoms with Gasteiger partial charge in [0.2, 0.25) is 11.8 Å². The quantitative estimate of drug-likeness (QED) is 0.859. The number of hydrogen-bond acceptors (Lipinski definition) is 2. The molecule has 1 heterocycles. The third-order valence-corrected chi connectivity index (χ3v) is 3.05. The first-order valence-corrected chi connectivity index (χ1v) is 6.18. The fourth-order valence-corrected chi connectivity index (χ4v) is 2.37. The number of para-hydroxylation sites is 1. The molecule has 1 atom stereocenters. The van der Waals surface area contributed by atoms with Gasteiger partial charge in [-0.1, -0.05) is 18.2 Å². The first-order chi connectivity index (χ1) is 8.50. The van der Waals surface area contributed by atoms with E-state index in [1.54, 1.807) is 4.90 Å². The Kier molecular flexibility index (Phi) is 3.36. The molecule has 0 bridgehead atoms. The van der Waals surface area contributed by atoms with Crippen LogP contribution in [-0.4, -0.2) is 23.9 Å². The van der Waals surface area contributed by atoms with E-state index in [1.807, 2.05) is 38.1 Å². The lowest BCUT2D eigenvalue weighted by Crippen LogP contribution is -2.49. The maximum Gasteiger partial charge on any atom is 0.243 e. The fourth-order valence-electron chi connectivity index (χ4n) is 2.37. The van der Waals surface area contributed by atoms with Crippen molar-refractivity contribution in [2.75, 3.05) is 4.90 Å². The van der Waals surface area contributed by atoms with Gasteiger partial charge in [0.1, 0.15) is 6.04 Å². The molecular formula is C14H18N2O2. The summed E-state index contributed by atoms with van der Waals surface area (Å²) in [6, 6.07) is 7.34. The lowest BCUT2D eigenvalue weighted by atomic mass is 10.1. The smallest absolute Gasteiger partial charge is 0.243 e. The second kappa shape index (κ2) is 4.80. The molecule has 1 aliphatic rings. The van der Waals surface area contributed by atoms with E-state index < -0.39 is 6.04 Å². The van der Waals surface area contributed by atoms with Crippen molar-refractivity contribution in [2.24, 2.45) is 0 Å². The third-order valence-electron chi connectivity index (χ3n) is 3.05. The van der Waals surface area contributed by atoms with Gasteiger partial charge in [0.15, 0.2) is 0 Å². The van der Waals surface area contributed by atoms with Crippen molar-refractivity contribution < 1.29 is 9.59 Å². The molecule has 0 fully saturated rings. The van der Waals surface area contributed by atoms with E-state index in [-0.39, 0.29) is 17.9 Å². The topological polar surface area (TPSA) is 49.4 Å². The molecule has 2 rings (SSSR count). The third kappa shape index (κ3) is 2.23. The number of rotatable bonds is 2. The van der Waals surface area contributed by atoms with Crippen molar-refractivity contribution in [1.29, 1.82) is 0 Å². The van der Waals surface area contributed by atoms with Crippen LogP contribution in [0.2, 0.25) is 0 Å². The molecule has 2 amide bonds. The molecule has 1 aromatic rings. The zero-order valence-corrected chi connectivity index (χ0v) is 10.9. The van der Waals surface area contributed by atoms with E-state index >= 15 is 0 Å². The molecule has 1 unspecified atom stereocenters. The second-order valence-electron chi connectivity index (χ2n) is 4.90.